The van der Waals surface area contributed by atoms with Crippen LogP contribution in [0.15, 0.2) is 30.3 Å². The van der Waals surface area contributed by atoms with Gasteiger partial charge in [0.1, 0.15) is 6.61 Å². The zero-order valence-corrected chi connectivity index (χ0v) is 15.3. The molecule has 4 N–H and O–H groups in total. The van der Waals surface area contributed by atoms with Crippen molar-refractivity contribution in [1.29, 1.82) is 0 Å². The Bertz CT molecular complexity index is 582. The van der Waals surface area contributed by atoms with Gasteiger partial charge in [-0.15, -0.1) is 0 Å². The molecule has 1 aromatic carbocycles. The minimum Gasteiger partial charge on any atom is -0.447 e. The van der Waals surface area contributed by atoms with Gasteiger partial charge in [-0.05, 0) is 18.9 Å². The number of amides is 1. The number of nitrogens with one attached hydrogen (secondary N) is 1. The average Bonchev–Trinajstić information content (AvgIpc) is 2.64. The zero-order valence-electron chi connectivity index (χ0n) is 15.3. The number of carbonyl (C=O) groups excluding carboxylic acids is 1. The van der Waals surface area contributed by atoms with E-state index in [1.54, 1.807) is 6.92 Å². The van der Waals surface area contributed by atoms with Gasteiger partial charge in [0.2, 0.25) is 5.79 Å². The molecule has 2 unspecified atom stereocenters. The Morgan fingerprint density at radius 1 is 1.19 bits per heavy atom. The van der Waals surface area contributed by atoms with Gasteiger partial charge in [-0.25, -0.2) is 4.79 Å². The van der Waals surface area contributed by atoms with Crippen LogP contribution >= 0.6 is 0 Å². The molecule has 0 bridgehead atoms. The molecule has 1 aliphatic rings. The smallest absolute Gasteiger partial charge is 0.407 e. The maximum Gasteiger partial charge on any atom is 0.407 e. The van der Waals surface area contributed by atoms with E-state index in [0.717, 1.165) is 5.56 Å². The highest BCUT2D eigenvalue weighted by molar-refractivity contribution is 5.67. The first-order valence-electron chi connectivity index (χ1n) is 8.83. The van der Waals surface area contributed by atoms with Gasteiger partial charge in [0, 0.05) is 13.0 Å². The maximum atomic E-state index is 11.5. The van der Waals surface area contributed by atoms with Gasteiger partial charge in [-0.2, -0.15) is 0 Å². The molecule has 1 aliphatic heterocycles. The van der Waals surface area contributed by atoms with E-state index in [2.05, 4.69) is 5.32 Å². The van der Waals surface area contributed by atoms with Crippen LogP contribution in [0, 0.1) is 0 Å². The predicted molar refractivity (Wildman–Crippen MR) is 93.3 cm³/mol. The maximum absolute atomic E-state index is 11.5. The normalized spacial score (nSPS) is 24.4. The molecule has 0 saturated carbocycles. The van der Waals surface area contributed by atoms with Crippen molar-refractivity contribution in [2.75, 3.05) is 26.4 Å². The van der Waals surface area contributed by atoms with Gasteiger partial charge in [0.05, 0.1) is 25.9 Å². The number of rotatable bonds is 9. The second-order valence-corrected chi connectivity index (χ2v) is 6.30. The van der Waals surface area contributed by atoms with Crippen molar-refractivity contribution in [3.05, 3.63) is 35.9 Å². The van der Waals surface area contributed by atoms with Crippen molar-refractivity contribution in [2.24, 2.45) is 0 Å². The monoisotopic (exact) mass is 385 g/mol. The highest BCUT2D eigenvalue weighted by Gasteiger charge is 2.55. The summed E-state index contributed by atoms with van der Waals surface area (Å²) in [5, 5.41) is 32.3. The molecule has 0 aliphatic carbocycles. The van der Waals surface area contributed by atoms with Crippen LogP contribution < -0.4 is 5.32 Å². The Kier molecular flexibility index (Phi) is 7.96. The fourth-order valence-electron chi connectivity index (χ4n) is 2.49. The van der Waals surface area contributed by atoms with E-state index in [1.807, 2.05) is 30.3 Å². The van der Waals surface area contributed by atoms with Crippen LogP contribution in [-0.2, 0) is 25.5 Å². The second-order valence-electron chi connectivity index (χ2n) is 6.30. The Hall–Kier alpha value is -1.75. The number of aliphatic hydroxyl groups is 3. The second kappa shape index (κ2) is 9.98. The quantitative estimate of drug-likeness (QED) is 0.357. The van der Waals surface area contributed by atoms with E-state index in [9.17, 15) is 20.1 Å². The van der Waals surface area contributed by atoms with E-state index >= 15 is 0 Å². The molecule has 9 nitrogen and oxygen atoms in total. The molecule has 1 saturated heterocycles. The van der Waals surface area contributed by atoms with Crippen molar-refractivity contribution >= 4 is 6.09 Å². The number of ether oxygens (including phenoxy) is 4. The van der Waals surface area contributed by atoms with Gasteiger partial charge >= 0.3 is 12.1 Å². The summed E-state index contributed by atoms with van der Waals surface area (Å²) >= 11 is 0. The minimum absolute atomic E-state index is 0.0440. The van der Waals surface area contributed by atoms with Crippen LogP contribution in [0.3, 0.4) is 0 Å². The van der Waals surface area contributed by atoms with E-state index < -0.39 is 17.9 Å². The number of hydrogen-bond donors (Lipinski definition) is 4. The van der Waals surface area contributed by atoms with Gasteiger partial charge in [-0.1, -0.05) is 30.3 Å². The molecule has 152 valence electrons. The SMILES string of the molecule is CC1CCC(O)(O)C(O)(OCCOCCOC(=O)NCc2ccccc2)O1. The van der Waals surface area contributed by atoms with E-state index in [1.165, 1.54) is 0 Å². The summed E-state index contributed by atoms with van der Waals surface area (Å²) < 4.78 is 20.3. The molecule has 1 fully saturated rings. The molecule has 2 rings (SSSR count). The third-order valence-electron chi connectivity index (χ3n) is 4.03. The molecule has 2 atom stereocenters. The lowest BCUT2D eigenvalue weighted by molar-refractivity contribution is -0.496. The summed E-state index contributed by atoms with van der Waals surface area (Å²) in [5.41, 5.74) is 0.962. The fourth-order valence-corrected chi connectivity index (χ4v) is 2.49. The lowest BCUT2D eigenvalue weighted by Crippen LogP contribution is -2.62. The highest BCUT2D eigenvalue weighted by atomic mass is 16.9. The Balaban J connectivity index is 1.53. The first-order chi connectivity index (χ1) is 12.8. The van der Waals surface area contributed by atoms with Gasteiger partial charge < -0.3 is 39.6 Å². The first-order valence-corrected chi connectivity index (χ1v) is 8.83. The summed E-state index contributed by atoms with van der Waals surface area (Å²) in [6.07, 6.45) is -0.606. The van der Waals surface area contributed by atoms with Gasteiger partial charge in [0.15, 0.2) is 0 Å². The van der Waals surface area contributed by atoms with Crippen molar-refractivity contribution in [3.8, 4) is 0 Å². The van der Waals surface area contributed by atoms with Gasteiger partial charge in [-0.3, -0.25) is 0 Å². The van der Waals surface area contributed by atoms with Crippen LogP contribution in [-0.4, -0.2) is 65.7 Å². The lowest BCUT2D eigenvalue weighted by Gasteiger charge is -2.43. The molecule has 27 heavy (non-hydrogen) atoms. The Morgan fingerprint density at radius 2 is 1.89 bits per heavy atom. The van der Waals surface area contributed by atoms with Crippen molar-refractivity contribution < 1.29 is 39.1 Å². The molecule has 0 radical (unpaired) electrons. The van der Waals surface area contributed by atoms with Crippen LogP contribution in [0.5, 0.6) is 0 Å². The molecular weight excluding hydrogens is 358 g/mol. The number of hydrogen-bond acceptors (Lipinski definition) is 8. The Labute approximate surface area is 157 Å². The number of carbonyl (C=O) groups is 1. The summed E-state index contributed by atoms with van der Waals surface area (Å²) in [5.74, 6) is -4.98. The number of benzene rings is 1. The molecular formula is C18H27NO8. The molecule has 1 heterocycles. The topological polar surface area (TPSA) is 127 Å². The van der Waals surface area contributed by atoms with E-state index in [-0.39, 0.29) is 39.0 Å². The van der Waals surface area contributed by atoms with E-state index in [0.29, 0.717) is 13.0 Å². The first kappa shape index (κ1) is 21.5. The molecule has 0 aromatic heterocycles. The fraction of sp³-hybridized carbons (Fsp3) is 0.611. The third-order valence-corrected chi connectivity index (χ3v) is 4.03. The molecule has 0 spiro atoms. The standard InChI is InChI=1S/C18H27NO8/c1-14-7-8-17(21,22)18(23,27-14)26-12-10-24-9-11-25-16(20)19-13-15-5-3-2-4-6-15/h2-6,14,21-23H,7-13H2,1H3,(H,19,20). The summed E-state index contributed by atoms with van der Waals surface area (Å²) in [6.45, 7) is 2.15. The van der Waals surface area contributed by atoms with Crippen molar-refractivity contribution in [3.63, 3.8) is 0 Å². The van der Waals surface area contributed by atoms with Crippen LogP contribution in [0.1, 0.15) is 25.3 Å². The van der Waals surface area contributed by atoms with E-state index in [4.69, 9.17) is 18.9 Å². The molecule has 1 aromatic rings. The molecule has 9 heteroatoms. The number of alkyl carbamates (subject to hydrolysis) is 1. The minimum atomic E-state index is -2.50. The Morgan fingerprint density at radius 3 is 2.63 bits per heavy atom. The molecule has 1 amide bonds. The largest absolute Gasteiger partial charge is 0.447 e. The lowest BCUT2D eigenvalue weighted by atomic mass is 10.0. The van der Waals surface area contributed by atoms with Crippen LogP contribution in [0.2, 0.25) is 0 Å². The predicted octanol–water partition coefficient (Wildman–Crippen LogP) is 0.472. The average molecular weight is 385 g/mol. The third kappa shape index (κ3) is 6.73. The van der Waals surface area contributed by atoms with Crippen molar-refractivity contribution in [2.45, 2.75) is 44.2 Å². The zero-order chi connectivity index (χ0) is 19.8. The summed E-state index contributed by atoms with van der Waals surface area (Å²) in [7, 11) is 0. The van der Waals surface area contributed by atoms with Crippen LogP contribution in [0.4, 0.5) is 4.79 Å². The van der Waals surface area contributed by atoms with Crippen molar-refractivity contribution in [1.82, 2.24) is 5.32 Å². The summed E-state index contributed by atoms with van der Waals surface area (Å²) in [4.78, 5) is 11.5. The van der Waals surface area contributed by atoms with Crippen LogP contribution in [0.25, 0.3) is 0 Å². The highest BCUT2D eigenvalue weighted by Crippen LogP contribution is 2.34. The summed E-state index contributed by atoms with van der Waals surface area (Å²) in [6, 6.07) is 9.43. The van der Waals surface area contributed by atoms with Gasteiger partial charge in [0.25, 0.3) is 0 Å².